The Morgan fingerprint density at radius 1 is 1.15 bits per heavy atom. The van der Waals surface area contributed by atoms with Crippen LogP contribution in [0, 0.1) is 23.0 Å². The van der Waals surface area contributed by atoms with Crippen LogP contribution in [0.1, 0.15) is 32.4 Å². The molecule has 11 nitrogen and oxygen atoms in total. The van der Waals surface area contributed by atoms with Crippen molar-refractivity contribution in [2.45, 2.75) is 39.5 Å². The third-order valence-electron chi connectivity index (χ3n) is 6.33. The van der Waals surface area contributed by atoms with E-state index in [-0.39, 0.29) is 60.1 Å². The van der Waals surface area contributed by atoms with E-state index >= 15 is 4.39 Å². The summed E-state index contributed by atoms with van der Waals surface area (Å²) in [5.41, 5.74) is -1.37. The predicted octanol–water partition coefficient (Wildman–Crippen LogP) is 2.79. The second-order valence-electron chi connectivity index (χ2n) is 9.18. The molecule has 204 valence electrons. The number of rotatable bonds is 5. The quantitative estimate of drug-likeness (QED) is 0.510. The van der Waals surface area contributed by atoms with E-state index in [4.69, 9.17) is 10.00 Å². The van der Waals surface area contributed by atoms with Crippen LogP contribution in [0.3, 0.4) is 0 Å². The molecule has 0 aliphatic carbocycles. The number of benzene rings is 2. The van der Waals surface area contributed by atoms with Crippen LogP contribution in [0.5, 0.6) is 0 Å². The predicted molar refractivity (Wildman–Crippen MR) is 139 cm³/mol. The minimum absolute atomic E-state index is 0.00924. The average molecular weight is 541 g/mol. The maximum Gasteiger partial charge on any atom is 0.331 e. The number of anilines is 2. The monoisotopic (exact) mass is 540 g/mol. The molecule has 39 heavy (non-hydrogen) atoms. The van der Waals surface area contributed by atoms with E-state index in [0.717, 1.165) is 16.7 Å². The number of urea groups is 1. The van der Waals surface area contributed by atoms with Gasteiger partial charge in [-0.05, 0) is 45.0 Å². The molecule has 1 aliphatic rings. The number of hydrogen-bond acceptors (Lipinski definition) is 6. The number of carbonyl (C=O) groups is 2. The molecule has 2 heterocycles. The van der Waals surface area contributed by atoms with Crippen molar-refractivity contribution in [1.82, 2.24) is 14.0 Å². The summed E-state index contributed by atoms with van der Waals surface area (Å²) in [7, 11) is 0. The van der Waals surface area contributed by atoms with E-state index in [1.165, 1.54) is 27.7 Å². The number of halogens is 2. The summed E-state index contributed by atoms with van der Waals surface area (Å²) in [6, 6.07) is 6.42. The van der Waals surface area contributed by atoms with Crippen LogP contribution in [0.15, 0.2) is 39.9 Å². The molecule has 2 aromatic carbocycles. The zero-order chi connectivity index (χ0) is 28.4. The first-order valence-corrected chi connectivity index (χ1v) is 12.2. The fraction of sp³-hybridized carbons (Fsp3) is 0.346. The number of fused-ring (bicyclic) bond motifs is 1. The van der Waals surface area contributed by atoms with Crippen molar-refractivity contribution >= 4 is 34.2 Å². The van der Waals surface area contributed by atoms with Gasteiger partial charge >= 0.3 is 11.7 Å². The summed E-state index contributed by atoms with van der Waals surface area (Å²) in [6.45, 7) is 5.17. The molecule has 0 saturated carbocycles. The maximum atomic E-state index is 15.1. The standard InChI is InChI=1S/C26H26F2N6O5/c1-4-33-24(36)17-10-20(19(28)11-21(17)34(14(2)3)26(33)38)31-25(37)32-7-8-39-22(13-32)23(35)30-16-6-5-15(12-29)18(27)9-16/h5-6,9-11,14,22H,4,7-8,13H2,1-3H3,(H,30,35)(H,31,37)/t22-/m1/s1. The summed E-state index contributed by atoms with van der Waals surface area (Å²) >= 11 is 0. The molecular weight excluding hydrogens is 514 g/mol. The Morgan fingerprint density at radius 3 is 2.54 bits per heavy atom. The van der Waals surface area contributed by atoms with E-state index in [9.17, 15) is 23.6 Å². The number of ether oxygens (including phenoxy) is 1. The van der Waals surface area contributed by atoms with Gasteiger partial charge in [-0.2, -0.15) is 5.26 Å². The van der Waals surface area contributed by atoms with Crippen molar-refractivity contribution in [3.8, 4) is 6.07 Å². The highest BCUT2D eigenvalue weighted by Crippen LogP contribution is 2.23. The van der Waals surface area contributed by atoms with Crippen molar-refractivity contribution in [1.29, 1.82) is 5.26 Å². The average Bonchev–Trinajstić information content (AvgIpc) is 2.90. The molecule has 3 amide bonds. The van der Waals surface area contributed by atoms with Crippen LogP contribution in [-0.2, 0) is 16.1 Å². The van der Waals surface area contributed by atoms with Crippen LogP contribution in [0.4, 0.5) is 25.0 Å². The fourth-order valence-corrected chi connectivity index (χ4v) is 4.37. The molecule has 3 aromatic rings. The molecule has 1 atom stereocenters. The van der Waals surface area contributed by atoms with E-state index < -0.39 is 40.9 Å². The van der Waals surface area contributed by atoms with E-state index in [0.29, 0.717) is 0 Å². The first-order valence-electron chi connectivity index (χ1n) is 12.2. The van der Waals surface area contributed by atoms with Gasteiger partial charge in [0.15, 0.2) is 6.10 Å². The van der Waals surface area contributed by atoms with Crippen LogP contribution < -0.4 is 21.9 Å². The lowest BCUT2D eigenvalue weighted by Gasteiger charge is -2.32. The van der Waals surface area contributed by atoms with E-state index in [1.54, 1.807) is 26.8 Å². The topological polar surface area (TPSA) is 138 Å². The zero-order valence-electron chi connectivity index (χ0n) is 21.5. The Bertz CT molecular complexity index is 1620. The summed E-state index contributed by atoms with van der Waals surface area (Å²) in [5, 5.41) is 13.8. The van der Waals surface area contributed by atoms with Gasteiger partial charge in [0.2, 0.25) is 0 Å². The Balaban J connectivity index is 1.54. The molecule has 4 rings (SSSR count). The minimum Gasteiger partial charge on any atom is -0.365 e. The molecule has 1 aliphatic heterocycles. The van der Waals surface area contributed by atoms with Gasteiger partial charge in [-0.15, -0.1) is 0 Å². The van der Waals surface area contributed by atoms with E-state index in [2.05, 4.69) is 10.6 Å². The lowest BCUT2D eigenvalue weighted by Crippen LogP contribution is -2.51. The van der Waals surface area contributed by atoms with Crippen molar-refractivity contribution < 1.29 is 23.1 Å². The first-order chi connectivity index (χ1) is 18.5. The van der Waals surface area contributed by atoms with Gasteiger partial charge in [-0.1, -0.05) is 0 Å². The van der Waals surface area contributed by atoms with Crippen molar-refractivity contribution in [3.05, 3.63) is 68.4 Å². The molecule has 0 unspecified atom stereocenters. The summed E-state index contributed by atoms with van der Waals surface area (Å²) in [4.78, 5) is 52.6. The summed E-state index contributed by atoms with van der Waals surface area (Å²) in [6.07, 6.45) is -1.10. The number of aromatic nitrogens is 2. The Morgan fingerprint density at radius 2 is 1.90 bits per heavy atom. The third-order valence-corrected chi connectivity index (χ3v) is 6.33. The smallest absolute Gasteiger partial charge is 0.331 e. The molecule has 0 spiro atoms. The molecule has 0 radical (unpaired) electrons. The largest absolute Gasteiger partial charge is 0.365 e. The SMILES string of the molecule is CCn1c(=O)c2cc(NC(=O)N3CCO[C@@H](C(=O)Nc4ccc(C#N)c(F)c4)C3)c(F)cc2n(C(C)C)c1=O. The maximum absolute atomic E-state index is 15.1. The molecular formula is C26H26F2N6O5. The fourth-order valence-electron chi connectivity index (χ4n) is 4.37. The number of amides is 3. The van der Waals surface area contributed by atoms with Crippen LogP contribution >= 0.6 is 0 Å². The zero-order valence-corrected chi connectivity index (χ0v) is 21.5. The lowest BCUT2D eigenvalue weighted by molar-refractivity contribution is -0.131. The lowest BCUT2D eigenvalue weighted by atomic mass is 10.2. The highest BCUT2D eigenvalue weighted by molar-refractivity contribution is 5.96. The number of carbonyl (C=O) groups excluding carboxylic acids is 2. The third kappa shape index (κ3) is 5.37. The highest BCUT2D eigenvalue weighted by atomic mass is 19.1. The van der Waals surface area contributed by atoms with Gasteiger partial charge in [-0.3, -0.25) is 18.7 Å². The van der Waals surface area contributed by atoms with Crippen LogP contribution in [0.2, 0.25) is 0 Å². The van der Waals surface area contributed by atoms with Crippen molar-refractivity contribution in [2.24, 2.45) is 0 Å². The van der Waals surface area contributed by atoms with Gasteiger partial charge in [0.1, 0.15) is 17.7 Å². The Hall–Kier alpha value is -4.57. The Kier molecular flexibility index (Phi) is 7.78. The van der Waals surface area contributed by atoms with Crippen molar-refractivity contribution in [2.75, 3.05) is 30.3 Å². The van der Waals surface area contributed by atoms with Crippen LogP contribution in [0.25, 0.3) is 10.9 Å². The van der Waals surface area contributed by atoms with Crippen molar-refractivity contribution in [3.63, 3.8) is 0 Å². The van der Waals surface area contributed by atoms with Gasteiger partial charge in [0.05, 0.1) is 35.3 Å². The van der Waals surface area contributed by atoms with Gasteiger partial charge in [0, 0.05) is 30.9 Å². The number of nitrogens with one attached hydrogen (secondary N) is 2. The summed E-state index contributed by atoms with van der Waals surface area (Å²) in [5.74, 6) is -2.28. The molecule has 2 N–H and O–H groups in total. The summed E-state index contributed by atoms with van der Waals surface area (Å²) < 4.78 is 36.7. The molecule has 1 fully saturated rings. The molecule has 13 heteroatoms. The molecule has 0 bridgehead atoms. The number of morpholine rings is 1. The van der Waals surface area contributed by atoms with Gasteiger partial charge < -0.3 is 20.3 Å². The Labute approximate surface area is 221 Å². The number of hydrogen-bond donors (Lipinski definition) is 2. The highest BCUT2D eigenvalue weighted by Gasteiger charge is 2.30. The van der Waals surface area contributed by atoms with Crippen LogP contribution in [-0.4, -0.2) is 51.8 Å². The molecule has 1 saturated heterocycles. The minimum atomic E-state index is -1.10. The normalized spacial score (nSPS) is 15.3. The molecule has 1 aromatic heterocycles. The number of nitriles is 1. The first kappa shape index (κ1) is 27.5. The number of nitrogens with zero attached hydrogens (tertiary/aromatic N) is 4. The van der Waals surface area contributed by atoms with E-state index in [1.807, 2.05) is 0 Å². The second-order valence-corrected chi connectivity index (χ2v) is 9.18. The van der Waals surface area contributed by atoms with Gasteiger partial charge in [0.25, 0.3) is 11.5 Å². The van der Waals surface area contributed by atoms with Gasteiger partial charge in [-0.25, -0.2) is 18.4 Å². The second kappa shape index (κ2) is 11.0.